The van der Waals surface area contributed by atoms with Gasteiger partial charge in [0, 0.05) is 0 Å². The Balaban J connectivity index is 3.02. The lowest BCUT2D eigenvalue weighted by Gasteiger charge is -2.21. The highest BCUT2D eigenvalue weighted by molar-refractivity contribution is 7.91. The van der Waals surface area contributed by atoms with E-state index in [1.54, 1.807) is 27.7 Å². The molecule has 0 aliphatic rings. The Hall–Kier alpha value is -2.01. The third-order valence-electron chi connectivity index (χ3n) is 5.73. The SMILES string of the molecule is Cc1c(C)c(C)c(S(=O)(=O)c2c(C)c(C)c(C)c(C)c2O)c(O)c1C. The van der Waals surface area contributed by atoms with E-state index in [0.29, 0.717) is 22.3 Å². The second-order valence-electron chi connectivity index (χ2n) is 6.86. The lowest BCUT2D eigenvalue weighted by molar-refractivity contribution is 0.446. The van der Waals surface area contributed by atoms with Crippen molar-refractivity contribution >= 4 is 9.84 Å². The van der Waals surface area contributed by atoms with Gasteiger partial charge in [-0.25, -0.2) is 8.42 Å². The van der Waals surface area contributed by atoms with Crippen LogP contribution in [0.15, 0.2) is 9.79 Å². The van der Waals surface area contributed by atoms with E-state index in [-0.39, 0.29) is 21.3 Å². The molecule has 0 aromatic heterocycles. The van der Waals surface area contributed by atoms with Gasteiger partial charge < -0.3 is 10.2 Å². The van der Waals surface area contributed by atoms with E-state index < -0.39 is 9.84 Å². The molecule has 0 amide bonds. The van der Waals surface area contributed by atoms with Crippen LogP contribution in [0, 0.1) is 55.4 Å². The third-order valence-corrected chi connectivity index (χ3v) is 7.81. The number of hydrogen-bond acceptors (Lipinski definition) is 4. The van der Waals surface area contributed by atoms with Gasteiger partial charge in [-0.1, -0.05) is 0 Å². The predicted octanol–water partition coefficient (Wildman–Crippen LogP) is 4.40. The number of aromatic hydroxyl groups is 2. The van der Waals surface area contributed by atoms with E-state index in [4.69, 9.17) is 0 Å². The first-order valence-electron chi connectivity index (χ1n) is 8.19. The summed E-state index contributed by atoms with van der Waals surface area (Å²) < 4.78 is 26.9. The summed E-state index contributed by atoms with van der Waals surface area (Å²) in [5, 5.41) is 21.2. The average molecular weight is 362 g/mol. The number of benzene rings is 2. The van der Waals surface area contributed by atoms with Crippen molar-refractivity contribution in [3.63, 3.8) is 0 Å². The van der Waals surface area contributed by atoms with Crippen LogP contribution in [0.2, 0.25) is 0 Å². The first kappa shape index (κ1) is 19.3. The van der Waals surface area contributed by atoms with Crippen molar-refractivity contribution in [1.82, 2.24) is 0 Å². The largest absolute Gasteiger partial charge is 0.506 e. The zero-order chi connectivity index (χ0) is 19.4. The summed E-state index contributed by atoms with van der Waals surface area (Å²) in [4.78, 5) is -0.233. The van der Waals surface area contributed by atoms with Crippen LogP contribution >= 0.6 is 0 Å². The molecule has 0 saturated heterocycles. The molecule has 0 atom stereocenters. The quantitative estimate of drug-likeness (QED) is 0.830. The summed E-state index contributed by atoms with van der Waals surface area (Å²) in [5.41, 5.74) is 5.49. The molecule has 0 unspecified atom stereocenters. The number of phenolic OH excluding ortho intramolecular Hbond substituents is 2. The van der Waals surface area contributed by atoms with E-state index in [1.165, 1.54) is 0 Å². The van der Waals surface area contributed by atoms with Gasteiger partial charge in [-0.2, -0.15) is 0 Å². The van der Waals surface area contributed by atoms with Crippen molar-refractivity contribution in [2.24, 2.45) is 0 Å². The summed E-state index contributed by atoms with van der Waals surface area (Å²) in [7, 11) is -4.09. The number of hydrogen-bond donors (Lipinski definition) is 2. The molecule has 2 rings (SSSR count). The van der Waals surface area contributed by atoms with Crippen molar-refractivity contribution in [3.05, 3.63) is 44.5 Å². The molecule has 0 fully saturated rings. The molecule has 0 saturated carbocycles. The molecule has 0 aliphatic carbocycles. The van der Waals surface area contributed by atoms with Crippen LogP contribution in [-0.4, -0.2) is 18.6 Å². The number of rotatable bonds is 2. The summed E-state index contributed by atoms with van der Waals surface area (Å²) in [6.07, 6.45) is 0. The highest BCUT2D eigenvalue weighted by Crippen LogP contribution is 2.43. The molecule has 5 heteroatoms. The summed E-state index contributed by atoms with van der Waals surface area (Å²) in [6.45, 7) is 14.2. The van der Waals surface area contributed by atoms with Crippen LogP contribution in [0.3, 0.4) is 0 Å². The van der Waals surface area contributed by atoms with Gasteiger partial charge in [-0.05, 0) is 99.9 Å². The molecular formula is C20H26O4S. The molecular weight excluding hydrogens is 336 g/mol. The Morgan fingerprint density at radius 3 is 1.00 bits per heavy atom. The summed E-state index contributed by atoms with van der Waals surface area (Å²) in [5.74, 6) is -0.481. The van der Waals surface area contributed by atoms with Gasteiger partial charge in [-0.15, -0.1) is 0 Å². The monoisotopic (exact) mass is 362 g/mol. The molecule has 0 aliphatic heterocycles. The van der Waals surface area contributed by atoms with Gasteiger partial charge in [0.2, 0.25) is 9.84 Å². The topological polar surface area (TPSA) is 74.6 Å². The Morgan fingerprint density at radius 1 is 0.480 bits per heavy atom. The molecule has 0 bridgehead atoms. The van der Waals surface area contributed by atoms with Crippen LogP contribution < -0.4 is 0 Å². The maximum atomic E-state index is 13.4. The van der Waals surface area contributed by atoms with Crippen molar-refractivity contribution in [1.29, 1.82) is 0 Å². The van der Waals surface area contributed by atoms with E-state index in [2.05, 4.69) is 0 Å². The van der Waals surface area contributed by atoms with Crippen LogP contribution in [0.4, 0.5) is 0 Å². The van der Waals surface area contributed by atoms with Gasteiger partial charge in [0.15, 0.2) is 0 Å². The minimum atomic E-state index is -4.09. The van der Waals surface area contributed by atoms with Crippen LogP contribution in [0.5, 0.6) is 11.5 Å². The molecule has 4 nitrogen and oxygen atoms in total. The summed E-state index contributed by atoms with van der Waals surface area (Å²) >= 11 is 0. The standard InChI is InChI=1S/C20H26O4S/c1-9-11(3)15(7)19(17(21)13(9)5)25(23,24)20-16(8)12(4)10(2)14(6)18(20)22/h21-22H,1-8H3. The molecule has 136 valence electrons. The first-order chi connectivity index (χ1) is 11.4. The van der Waals surface area contributed by atoms with Gasteiger partial charge in [0.25, 0.3) is 0 Å². The van der Waals surface area contributed by atoms with Crippen LogP contribution in [0.1, 0.15) is 44.5 Å². The smallest absolute Gasteiger partial charge is 0.214 e. The molecule has 25 heavy (non-hydrogen) atoms. The maximum Gasteiger partial charge on any atom is 0.214 e. The van der Waals surface area contributed by atoms with Gasteiger partial charge >= 0.3 is 0 Å². The number of sulfone groups is 1. The fraction of sp³-hybridized carbons (Fsp3) is 0.400. The van der Waals surface area contributed by atoms with Crippen molar-refractivity contribution < 1.29 is 18.6 Å². The zero-order valence-corrected chi connectivity index (χ0v) is 16.9. The van der Waals surface area contributed by atoms with Crippen LogP contribution in [0.25, 0.3) is 0 Å². The highest BCUT2D eigenvalue weighted by Gasteiger charge is 2.32. The van der Waals surface area contributed by atoms with E-state index in [1.807, 2.05) is 27.7 Å². The summed E-state index contributed by atoms with van der Waals surface area (Å²) in [6, 6.07) is 0. The van der Waals surface area contributed by atoms with E-state index in [0.717, 1.165) is 22.3 Å². The average Bonchev–Trinajstić information content (AvgIpc) is 2.54. The second kappa shape index (κ2) is 6.06. The molecule has 2 aromatic carbocycles. The Labute approximate surface area is 150 Å². The Kier molecular flexibility index (Phi) is 4.68. The van der Waals surface area contributed by atoms with E-state index >= 15 is 0 Å². The molecule has 0 heterocycles. The Bertz CT molecular complexity index is 866. The molecule has 0 radical (unpaired) electrons. The van der Waals surface area contributed by atoms with E-state index in [9.17, 15) is 18.6 Å². The lowest BCUT2D eigenvalue weighted by atomic mass is 9.98. The third kappa shape index (κ3) is 2.61. The van der Waals surface area contributed by atoms with Crippen molar-refractivity contribution in [3.8, 4) is 11.5 Å². The molecule has 2 aromatic rings. The molecule has 0 spiro atoms. The minimum Gasteiger partial charge on any atom is -0.506 e. The minimum absolute atomic E-state index is 0.117. The Morgan fingerprint density at radius 2 is 0.720 bits per heavy atom. The van der Waals surface area contributed by atoms with Crippen LogP contribution in [-0.2, 0) is 9.84 Å². The van der Waals surface area contributed by atoms with Gasteiger partial charge in [0.05, 0.1) is 0 Å². The first-order valence-corrected chi connectivity index (χ1v) is 9.67. The fourth-order valence-corrected chi connectivity index (χ4v) is 5.41. The van der Waals surface area contributed by atoms with Gasteiger partial charge in [-0.3, -0.25) is 0 Å². The zero-order valence-electron chi connectivity index (χ0n) is 16.1. The normalized spacial score (nSPS) is 11.8. The molecule has 2 N–H and O–H groups in total. The number of phenols is 2. The highest BCUT2D eigenvalue weighted by atomic mass is 32.2. The second-order valence-corrected chi connectivity index (χ2v) is 8.68. The lowest BCUT2D eigenvalue weighted by Crippen LogP contribution is -2.11. The predicted molar refractivity (Wildman–Crippen MR) is 99.6 cm³/mol. The van der Waals surface area contributed by atoms with Crippen molar-refractivity contribution in [2.45, 2.75) is 65.2 Å². The maximum absolute atomic E-state index is 13.4. The van der Waals surface area contributed by atoms with Gasteiger partial charge in [0.1, 0.15) is 21.3 Å². The fourth-order valence-electron chi connectivity index (χ4n) is 3.28. The van der Waals surface area contributed by atoms with Crippen molar-refractivity contribution in [2.75, 3.05) is 0 Å².